The monoisotopic (exact) mass is 481 g/mol. The molecule has 1 aromatic carbocycles. The lowest BCUT2D eigenvalue weighted by Gasteiger charge is -2.27. The maximum absolute atomic E-state index is 13.3. The smallest absolute Gasteiger partial charge is 0.293 e. The van der Waals surface area contributed by atoms with Crippen LogP contribution in [0.5, 0.6) is 5.75 Å². The maximum Gasteiger partial charge on any atom is 0.293 e. The molecule has 180 valence electrons. The molecule has 2 aliphatic rings. The fraction of sp³-hybridized carbons (Fsp3) is 0.500. The number of hydrogen-bond acceptors (Lipinski definition) is 6. The van der Waals surface area contributed by atoms with Gasteiger partial charge in [0, 0.05) is 30.2 Å². The predicted octanol–water partition coefficient (Wildman–Crippen LogP) is 6.08. The SMILES string of the molecule is CCOc1cc2cc(Nc3nc(N4CCCCC4)ncc3Cl)ccc2n(C2CCCCC2)c1=O. The van der Waals surface area contributed by atoms with Crippen molar-refractivity contribution in [3.8, 4) is 5.75 Å². The number of fused-ring (bicyclic) bond motifs is 1. The largest absolute Gasteiger partial charge is 0.488 e. The van der Waals surface area contributed by atoms with E-state index in [1.165, 1.54) is 12.8 Å². The standard InChI is InChI=1S/C26H32ClN5O2/c1-2-34-23-16-18-15-19(11-12-22(18)32(25(23)33)20-9-5-3-6-10-20)29-24-21(27)17-28-26(30-24)31-13-7-4-8-14-31/h11-12,15-17,20H,2-10,13-14H2,1H3,(H,28,29,30). The molecule has 1 aliphatic carbocycles. The molecule has 1 saturated carbocycles. The molecule has 0 amide bonds. The molecule has 5 rings (SSSR count). The van der Waals surface area contributed by atoms with Crippen LogP contribution in [0.4, 0.5) is 17.5 Å². The highest BCUT2D eigenvalue weighted by Gasteiger charge is 2.21. The van der Waals surface area contributed by atoms with Crippen LogP contribution >= 0.6 is 11.6 Å². The minimum atomic E-state index is -0.0352. The highest BCUT2D eigenvalue weighted by Crippen LogP contribution is 2.33. The second-order valence-corrected chi connectivity index (χ2v) is 9.63. The van der Waals surface area contributed by atoms with E-state index in [9.17, 15) is 4.79 Å². The zero-order chi connectivity index (χ0) is 23.5. The summed E-state index contributed by atoms with van der Waals surface area (Å²) in [6, 6.07) is 8.11. The fourth-order valence-electron chi connectivity index (χ4n) is 5.19. The van der Waals surface area contributed by atoms with Crippen LogP contribution in [0.2, 0.25) is 5.02 Å². The van der Waals surface area contributed by atoms with Gasteiger partial charge in [-0.05, 0) is 63.3 Å². The van der Waals surface area contributed by atoms with Crippen LogP contribution in [0, 0.1) is 0 Å². The summed E-state index contributed by atoms with van der Waals surface area (Å²) in [6.07, 6.45) is 10.8. The minimum absolute atomic E-state index is 0.0352. The predicted molar refractivity (Wildman–Crippen MR) is 138 cm³/mol. The summed E-state index contributed by atoms with van der Waals surface area (Å²) in [5.74, 6) is 1.70. The van der Waals surface area contributed by atoms with Gasteiger partial charge >= 0.3 is 0 Å². The summed E-state index contributed by atoms with van der Waals surface area (Å²) in [5.41, 5.74) is 1.76. The molecular weight excluding hydrogens is 450 g/mol. The second kappa shape index (κ2) is 10.2. The molecule has 0 spiro atoms. The Kier molecular flexibility index (Phi) is 6.90. The maximum atomic E-state index is 13.3. The van der Waals surface area contributed by atoms with Gasteiger partial charge in [-0.2, -0.15) is 4.98 Å². The topological polar surface area (TPSA) is 72.3 Å². The first kappa shape index (κ1) is 23.0. The Morgan fingerprint density at radius 3 is 2.62 bits per heavy atom. The number of rotatable bonds is 6. The van der Waals surface area contributed by atoms with Crippen molar-refractivity contribution in [2.75, 3.05) is 29.9 Å². The van der Waals surface area contributed by atoms with Crippen molar-refractivity contribution in [2.45, 2.75) is 64.3 Å². The number of hydrogen-bond donors (Lipinski definition) is 1. The Balaban J connectivity index is 1.50. The summed E-state index contributed by atoms with van der Waals surface area (Å²) in [7, 11) is 0. The molecule has 1 N–H and O–H groups in total. The molecule has 8 heteroatoms. The molecule has 0 unspecified atom stereocenters. The number of nitrogens with one attached hydrogen (secondary N) is 1. The summed E-state index contributed by atoms with van der Waals surface area (Å²) >= 11 is 6.45. The van der Waals surface area contributed by atoms with Crippen molar-refractivity contribution >= 4 is 40.0 Å². The van der Waals surface area contributed by atoms with Crippen LogP contribution in [0.15, 0.2) is 35.3 Å². The van der Waals surface area contributed by atoms with Gasteiger partial charge in [0.05, 0.1) is 18.3 Å². The molecular formula is C26H32ClN5O2. The van der Waals surface area contributed by atoms with Crippen molar-refractivity contribution < 1.29 is 4.74 Å². The van der Waals surface area contributed by atoms with E-state index in [1.54, 1.807) is 6.20 Å². The second-order valence-electron chi connectivity index (χ2n) is 9.22. The van der Waals surface area contributed by atoms with E-state index in [4.69, 9.17) is 21.3 Å². The number of ether oxygens (including phenoxy) is 1. The number of aromatic nitrogens is 3. The van der Waals surface area contributed by atoms with Gasteiger partial charge in [0.25, 0.3) is 5.56 Å². The van der Waals surface area contributed by atoms with Crippen molar-refractivity contribution in [1.82, 2.24) is 14.5 Å². The average Bonchev–Trinajstić information content (AvgIpc) is 2.87. The molecule has 34 heavy (non-hydrogen) atoms. The number of piperidine rings is 1. The third kappa shape index (κ3) is 4.71. The van der Waals surface area contributed by atoms with Gasteiger partial charge in [-0.1, -0.05) is 30.9 Å². The first-order valence-corrected chi connectivity index (χ1v) is 12.9. The Hall–Kier alpha value is -2.80. The number of benzene rings is 1. The van der Waals surface area contributed by atoms with Crippen LogP contribution < -0.4 is 20.5 Å². The highest BCUT2D eigenvalue weighted by molar-refractivity contribution is 6.32. The summed E-state index contributed by atoms with van der Waals surface area (Å²) in [6.45, 7) is 4.30. The first-order chi connectivity index (χ1) is 16.6. The normalized spacial score (nSPS) is 17.2. The molecule has 0 radical (unpaired) electrons. The number of anilines is 3. The number of pyridine rings is 1. The van der Waals surface area contributed by atoms with E-state index in [0.717, 1.165) is 68.2 Å². The van der Waals surface area contributed by atoms with Gasteiger partial charge in [0.2, 0.25) is 5.95 Å². The average molecular weight is 482 g/mol. The number of halogens is 1. The summed E-state index contributed by atoms with van der Waals surface area (Å²) in [4.78, 5) is 24.6. The lowest BCUT2D eigenvalue weighted by molar-refractivity contribution is 0.317. The van der Waals surface area contributed by atoms with Crippen LogP contribution in [0.3, 0.4) is 0 Å². The van der Waals surface area contributed by atoms with Crippen molar-refractivity contribution in [2.24, 2.45) is 0 Å². The van der Waals surface area contributed by atoms with Crippen LogP contribution in [-0.2, 0) is 0 Å². The summed E-state index contributed by atoms with van der Waals surface area (Å²) in [5, 5.41) is 4.80. The molecule has 0 atom stereocenters. The van der Waals surface area contributed by atoms with E-state index in [2.05, 4.69) is 15.2 Å². The van der Waals surface area contributed by atoms with E-state index < -0.39 is 0 Å². The van der Waals surface area contributed by atoms with Gasteiger partial charge in [-0.15, -0.1) is 0 Å². The van der Waals surface area contributed by atoms with Gasteiger partial charge in [0.1, 0.15) is 5.02 Å². The Morgan fingerprint density at radius 1 is 1.09 bits per heavy atom. The van der Waals surface area contributed by atoms with Crippen molar-refractivity contribution in [1.29, 1.82) is 0 Å². The molecule has 2 aromatic heterocycles. The molecule has 0 bridgehead atoms. The zero-order valence-electron chi connectivity index (χ0n) is 19.7. The molecule has 1 aliphatic heterocycles. The van der Waals surface area contributed by atoms with Crippen molar-refractivity contribution in [3.63, 3.8) is 0 Å². The fourth-order valence-corrected chi connectivity index (χ4v) is 5.33. The summed E-state index contributed by atoms with van der Waals surface area (Å²) < 4.78 is 7.69. The van der Waals surface area contributed by atoms with Crippen molar-refractivity contribution in [3.05, 3.63) is 45.8 Å². The molecule has 7 nitrogen and oxygen atoms in total. The highest BCUT2D eigenvalue weighted by atomic mass is 35.5. The zero-order valence-corrected chi connectivity index (χ0v) is 20.5. The Labute approximate surface area is 205 Å². The molecule has 2 fully saturated rings. The van der Waals surface area contributed by atoms with Gasteiger partial charge in [-0.25, -0.2) is 4.98 Å². The van der Waals surface area contributed by atoms with E-state index in [0.29, 0.717) is 29.1 Å². The Bertz CT molecular complexity index is 1220. The van der Waals surface area contributed by atoms with Crippen LogP contribution in [-0.4, -0.2) is 34.2 Å². The lowest BCUT2D eigenvalue weighted by Crippen LogP contribution is -2.31. The third-order valence-corrected chi connectivity index (χ3v) is 7.15. The van der Waals surface area contributed by atoms with Crippen LogP contribution in [0.25, 0.3) is 10.9 Å². The third-order valence-electron chi connectivity index (χ3n) is 6.88. The molecule has 3 aromatic rings. The van der Waals surface area contributed by atoms with E-state index in [1.807, 2.05) is 35.8 Å². The Morgan fingerprint density at radius 2 is 1.85 bits per heavy atom. The van der Waals surface area contributed by atoms with Gasteiger partial charge < -0.3 is 19.5 Å². The van der Waals surface area contributed by atoms with E-state index in [-0.39, 0.29) is 11.6 Å². The van der Waals surface area contributed by atoms with Gasteiger partial charge in [-0.3, -0.25) is 4.79 Å². The quantitative estimate of drug-likeness (QED) is 0.459. The minimum Gasteiger partial charge on any atom is -0.488 e. The van der Waals surface area contributed by atoms with E-state index >= 15 is 0 Å². The molecule has 3 heterocycles. The van der Waals surface area contributed by atoms with Crippen LogP contribution in [0.1, 0.15) is 64.3 Å². The first-order valence-electron chi connectivity index (χ1n) is 12.5. The number of nitrogens with zero attached hydrogens (tertiary/aromatic N) is 4. The lowest BCUT2D eigenvalue weighted by atomic mass is 9.94. The van der Waals surface area contributed by atoms with Gasteiger partial charge in [0.15, 0.2) is 11.6 Å². The molecule has 1 saturated heterocycles.